The first kappa shape index (κ1) is 14.9. The molecule has 3 aromatic heterocycles. The maximum atomic E-state index is 12.9. The third-order valence-electron chi connectivity index (χ3n) is 2.98. The lowest BCUT2D eigenvalue weighted by Crippen LogP contribution is -1.75. The van der Waals surface area contributed by atoms with Crippen LogP contribution in [0.3, 0.4) is 0 Å². The number of hydrogen-bond donors (Lipinski definition) is 0. The monoisotopic (exact) mass is 334 g/mol. The highest BCUT2D eigenvalue weighted by atomic mass is 35.5. The molecule has 1 aromatic carbocycles. The molecule has 0 unspecified atom stereocenters. The fourth-order valence-electron chi connectivity index (χ4n) is 2.06. The minimum Gasteiger partial charge on any atom is -0.460 e. The summed E-state index contributed by atoms with van der Waals surface area (Å²) in [5.41, 5.74) is 1.63. The van der Waals surface area contributed by atoms with Gasteiger partial charge in [0.1, 0.15) is 11.6 Å². The number of furan rings is 1. The first-order valence-electron chi connectivity index (χ1n) is 6.55. The minimum absolute atomic E-state index is 0.132. The highest BCUT2D eigenvalue weighted by Crippen LogP contribution is 2.26. The molecule has 4 rings (SSSR count). The van der Waals surface area contributed by atoms with E-state index in [1.54, 1.807) is 18.5 Å². The van der Waals surface area contributed by atoms with Gasteiger partial charge in [-0.05, 0) is 38.1 Å². The van der Waals surface area contributed by atoms with Gasteiger partial charge in [-0.15, -0.1) is 11.3 Å². The molecular formula is C16H12ClFN2OS. The number of rotatable bonds is 0. The average molecular weight is 335 g/mol. The van der Waals surface area contributed by atoms with E-state index in [9.17, 15) is 4.39 Å². The fourth-order valence-corrected chi connectivity index (χ4v) is 3.05. The van der Waals surface area contributed by atoms with Crippen LogP contribution in [0.2, 0.25) is 5.02 Å². The van der Waals surface area contributed by atoms with E-state index in [1.807, 2.05) is 26.0 Å². The first-order chi connectivity index (χ1) is 10.5. The summed E-state index contributed by atoms with van der Waals surface area (Å²) in [5.74, 6) is 0.552. The predicted octanol–water partition coefficient (Wildman–Crippen LogP) is 5.53. The number of thiazole rings is 1. The largest absolute Gasteiger partial charge is 0.460 e. The molecule has 3 heterocycles. The lowest BCUT2D eigenvalue weighted by Gasteiger charge is -1.91. The van der Waals surface area contributed by atoms with Gasteiger partial charge in [-0.1, -0.05) is 11.6 Å². The lowest BCUT2D eigenvalue weighted by molar-refractivity contribution is 0.577. The number of pyridine rings is 1. The van der Waals surface area contributed by atoms with Crippen molar-refractivity contribution in [1.29, 1.82) is 0 Å². The van der Waals surface area contributed by atoms with Crippen LogP contribution < -0.4 is 0 Å². The molecule has 0 amide bonds. The zero-order chi connectivity index (χ0) is 15.7. The summed E-state index contributed by atoms with van der Waals surface area (Å²) in [6.45, 7) is 3.82. The van der Waals surface area contributed by atoms with Crippen molar-refractivity contribution in [3.8, 4) is 0 Å². The molecule has 22 heavy (non-hydrogen) atoms. The van der Waals surface area contributed by atoms with Crippen LogP contribution in [-0.2, 0) is 0 Å². The second-order valence-corrected chi connectivity index (χ2v) is 6.38. The molecule has 0 saturated carbocycles. The second-order valence-electron chi connectivity index (χ2n) is 4.74. The lowest BCUT2D eigenvalue weighted by atomic mass is 10.3. The number of aromatic nitrogens is 2. The molecule has 0 fully saturated rings. The third kappa shape index (κ3) is 3.10. The van der Waals surface area contributed by atoms with E-state index in [0.717, 1.165) is 32.0 Å². The van der Waals surface area contributed by atoms with Crippen molar-refractivity contribution in [1.82, 2.24) is 9.97 Å². The molecule has 0 saturated heterocycles. The summed E-state index contributed by atoms with van der Waals surface area (Å²) >= 11 is 7.05. The number of fused-ring (bicyclic) bond motifs is 2. The van der Waals surface area contributed by atoms with E-state index in [0.29, 0.717) is 0 Å². The quantitative estimate of drug-likeness (QED) is 0.424. The predicted molar refractivity (Wildman–Crippen MR) is 88.1 cm³/mol. The Balaban J connectivity index is 0.000000133. The molecule has 0 atom stereocenters. The van der Waals surface area contributed by atoms with Crippen LogP contribution in [0.4, 0.5) is 4.39 Å². The number of hydrogen-bond acceptors (Lipinski definition) is 4. The fraction of sp³-hybridized carbons (Fsp3) is 0.125. The number of nitrogens with zero attached hydrogens (tertiary/aromatic N) is 2. The Bertz CT molecular complexity index is 876. The van der Waals surface area contributed by atoms with E-state index < -0.39 is 0 Å². The number of halogens is 2. The minimum atomic E-state index is -0.382. The Kier molecular flexibility index (Phi) is 4.09. The summed E-state index contributed by atoms with van der Waals surface area (Å²) in [6, 6.07) is 6.90. The van der Waals surface area contributed by atoms with Gasteiger partial charge in [0, 0.05) is 11.6 Å². The average Bonchev–Trinajstić information content (AvgIpc) is 3.00. The summed E-state index contributed by atoms with van der Waals surface area (Å²) in [5, 5.41) is 2.17. The third-order valence-corrected chi connectivity index (χ3v) is 4.21. The Morgan fingerprint density at radius 2 is 2.05 bits per heavy atom. The van der Waals surface area contributed by atoms with E-state index in [1.165, 1.54) is 17.4 Å². The standard InChI is InChI=1S/C8H5ClFNS.C8H7NO/c1-4-11-7-2-5(9)6(10)3-8(7)12-4;1-6-4-7-2-3-9-5-8(7)10-6/h2-3H,1H3;2-5H,1H3. The zero-order valence-electron chi connectivity index (χ0n) is 11.9. The first-order valence-corrected chi connectivity index (χ1v) is 7.75. The van der Waals surface area contributed by atoms with Crippen LogP contribution in [-0.4, -0.2) is 9.97 Å². The van der Waals surface area contributed by atoms with Crippen molar-refractivity contribution in [2.24, 2.45) is 0 Å². The van der Waals surface area contributed by atoms with Gasteiger partial charge in [0.05, 0.1) is 26.4 Å². The topological polar surface area (TPSA) is 38.9 Å². The van der Waals surface area contributed by atoms with Crippen molar-refractivity contribution in [2.45, 2.75) is 13.8 Å². The van der Waals surface area contributed by atoms with Gasteiger partial charge in [-0.25, -0.2) is 9.37 Å². The summed E-state index contributed by atoms with van der Waals surface area (Å²) in [4.78, 5) is 8.11. The van der Waals surface area contributed by atoms with E-state index in [4.69, 9.17) is 16.0 Å². The number of aryl methyl sites for hydroxylation is 2. The van der Waals surface area contributed by atoms with Crippen LogP contribution in [0.5, 0.6) is 0 Å². The zero-order valence-corrected chi connectivity index (χ0v) is 13.5. The molecule has 0 aliphatic rings. The van der Waals surface area contributed by atoms with Crippen LogP contribution in [0, 0.1) is 19.7 Å². The highest BCUT2D eigenvalue weighted by molar-refractivity contribution is 7.18. The van der Waals surface area contributed by atoms with Crippen LogP contribution in [0.1, 0.15) is 10.8 Å². The second kappa shape index (κ2) is 6.02. The summed E-state index contributed by atoms with van der Waals surface area (Å²) in [6.07, 6.45) is 3.49. The Morgan fingerprint density at radius 3 is 2.82 bits per heavy atom. The van der Waals surface area contributed by atoms with E-state index in [2.05, 4.69) is 9.97 Å². The highest BCUT2D eigenvalue weighted by Gasteiger charge is 2.05. The SMILES string of the molecule is Cc1cc2ccncc2o1.Cc1nc2cc(Cl)c(F)cc2s1. The van der Waals surface area contributed by atoms with Crippen molar-refractivity contribution in [2.75, 3.05) is 0 Å². The van der Waals surface area contributed by atoms with Gasteiger partial charge >= 0.3 is 0 Å². The molecular weight excluding hydrogens is 323 g/mol. The van der Waals surface area contributed by atoms with Crippen molar-refractivity contribution >= 4 is 44.1 Å². The van der Waals surface area contributed by atoms with E-state index in [-0.39, 0.29) is 10.8 Å². The molecule has 4 aromatic rings. The molecule has 0 N–H and O–H groups in total. The normalized spacial score (nSPS) is 10.7. The smallest absolute Gasteiger partial charge is 0.152 e. The molecule has 6 heteroatoms. The maximum Gasteiger partial charge on any atom is 0.152 e. The van der Waals surface area contributed by atoms with E-state index >= 15 is 0 Å². The van der Waals surface area contributed by atoms with Gasteiger partial charge in [0.25, 0.3) is 0 Å². The van der Waals surface area contributed by atoms with Gasteiger partial charge in [-0.3, -0.25) is 4.98 Å². The molecule has 3 nitrogen and oxygen atoms in total. The van der Waals surface area contributed by atoms with Crippen molar-refractivity contribution < 1.29 is 8.81 Å². The molecule has 0 aliphatic carbocycles. The summed E-state index contributed by atoms with van der Waals surface area (Å²) < 4.78 is 19.1. The Labute approximate surface area is 135 Å². The Hall–Kier alpha value is -1.98. The Morgan fingerprint density at radius 1 is 1.23 bits per heavy atom. The van der Waals surface area contributed by atoms with Crippen molar-refractivity contribution in [3.05, 3.63) is 58.3 Å². The maximum absolute atomic E-state index is 12.9. The number of benzene rings is 1. The summed E-state index contributed by atoms with van der Waals surface area (Å²) in [7, 11) is 0. The van der Waals surface area contributed by atoms with Crippen molar-refractivity contribution in [3.63, 3.8) is 0 Å². The van der Waals surface area contributed by atoms with Gasteiger partial charge < -0.3 is 4.42 Å². The van der Waals surface area contributed by atoms with Crippen LogP contribution in [0.25, 0.3) is 21.2 Å². The van der Waals surface area contributed by atoms with Gasteiger partial charge in [0.15, 0.2) is 5.58 Å². The molecule has 112 valence electrons. The van der Waals surface area contributed by atoms with Crippen LogP contribution in [0.15, 0.2) is 41.1 Å². The molecule has 0 spiro atoms. The van der Waals surface area contributed by atoms with Gasteiger partial charge in [0.2, 0.25) is 0 Å². The molecule has 0 aliphatic heterocycles. The molecule has 0 bridgehead atoms. The van der Waals surface area contributed by atoms with Gasteiger partial charge in [-0.2, -0.15) is 0 Å². The van der Waals surface area contributed by atoms with Crippen LogP contribution >= 0.6 is 22.9 Å². The molecule has 0 radical (unpaired) electrons.